The Morgan fingerprint density at radius 1 is 1.24 bits per heavy atom. The summed E-state index contributed by atoms with van der Waals surface area (Å²) in [6.07, 6.45) is 0. The first-order chi connectivity index (χ1) is 11.5. The van der Waals surface area contributed by atoms with Crippen LogP contribution in [0.2, 0.25) is 0 Å². The van der Waals surface area contributed by atoms with Gasteiger partial charge in [0.15, 0.2) is 5.96 Å². The van der Waals surface area contributed by atoms with Crippen LogP contribution in [0.5, 0.6) is 5.75 Å². The van der Waals surface area contributed by atoms with Crippen LogP contribution in [0.25, 0.3) is 0 Å². The molecular weight excluding hydrogens is 432 g/mol. The zero-order chi connectivity index (χ0) is 17.5. The Kier molecular flexibility index (Phi) is 8.68. The molecule has 0 radical (unpaired) electrons. The van der Waals surface area contributed by atoms with Crippen LogP contribution in [-0.4, -0.2) is 20.1 Å². The highest BCUT2D eigenvalue weighted by molar-refractivity contribution is 14.0. The third-order valence-electron chi connectivity index (χ3n) is 3.87. The summed E-state index contributed by atoms with van der Waals surface area (Å²) in [5.41, 5.74) is 2.61. The second kappa shape index (κ2) is 10.2. The lowest BCUT2D eigenvalue weighted by atomic mass is 10.1. The van der Waals surface area contributed by atoms with Gasteiger partial charge in [-0.3, -0.25) is 4.99 Å². The average molecular weight is 457 g/mol. The number of hydrogen-bond acceptors (Lipinski definition) is 2. The SMILES string of the molecule is CN=C(NCc1cccc(OC)c1)NC(C)c1ccc(C)c(F)c1.I. The molecule has 136 valence electrons. The molecule has 2 N–H and O–H groups in total. The van der Waals surface area contributed by atoms with Gasteiger partial charge in [-0.05, 0) is 48.7 Å². The van der Waals surface area contributed by atoms with Crippen molar-refractivity contribution in [2.45, 2.75) is 26.4 Å². The molecule has 2 rings (SSSR count). The summed E-state index contributed by atoms with van der Waals surface area (Å²) < 4.78 is 18.9. The minimum Gasteiger partial charge on any atom is -0.497 e. The van der Waals surface area contributed by atoms with Crippen LogP contribution in [0.15, 0.2) is 47.5 Å². The molecule has 6 heteroatoms. The summed E-state index contributed by atoms with van der Waals surface area (Å²) in [5, 5.41) is 6.52. The van der Waals surface area contributed by atoms with Crippen molar-refractivity contribution in [2.24, 2.45) is 4.99 Å². The molecule has 2 aromatic rings. The van der Waals surface area contributed by atoms with Crippen LogP contribution in [-0.2, 0) is 6.54 Å². The number of methoxy groups -OCH3 is 1. The highest BCUT2D eigenvalue weighted by Crippen LogP contribution is 2.16. The van der Waals surface area contributed by atoms with E-state index in [2.05, 4.69) is 15.6 Å². The summed E-state index contributed by atoms with van der Waals surface area (Å²) >= 11 is 0. The smallest absolute Gasteiger partial charge is 0.191 e. The summed E-state index contributed by atoms with van der Waals surface area (Å²) in [4.78, 5) is 4.22. The van der Waals surface area contributed by atoms with E-state index in [4.69, 9.17) is 4.74 Å². The van der Waals surface area contributed by atoms with Gasteiger partial charge in [0.1, 0.15) is 11.6 Å². The Labute approximate surface area is 165 Å². The summed E-state index contributed by atoms with van der Waals surface area (Å²) in [6, 6.07) is 13.1. The van der Waals surface area contributed by atoms with Crippen molar-refractivity contribution < 1.29 is 9.13 Å². The van der Waals surface area contributed by atoms with Gasteiger partial charge in [0, 0.05) is 13.6 Å². The number of ether oxygens (including phenoxy) is 1. The molecule has 0 spiro atoms. The first kappa shape index (κ1) is 21.2. The maximum Gasteiger partial charge on any atom is 0.191 e. The topological polar surface area (TPSA) is 45.7 Å². The van der Waals surface area contributed by atoms with E-state index in [1.807, 2.05) is 37.3 Å². The van der Waals surface area contributed by atoms with Crippen LogP contribution < -0.4 is 15.4 Å². The van der Waals surface area contributed by atoms with E-state index < -0.39 is 0 Å². The normalized spacial score (nSPS) is 12.1. The van der Waals surface area contributed by atoms with Crippen LogP contribution in [0, 0.1) is 12.7 Å². The molecule has 1 atom stereocenters. The zero-order valence-electron chi connectivity index (χ0n) is 15.0. The number of guanidine groups is 1. The molecule has 0 bridgehead atoms. The Hall–Kier alpha value is -1.83. The van der Waals surface area contributed by atoms with Gasteiger partial charge < -0.3 is 15.4 Å². The fourth-order valence-electron chi connectivity index (χ4n) is 2.33. The summed E-state index contributed by atoms with van der Waals surface area (Å²) in [7, 11) is 3.36. The number of benzene rings is 2. The van der Waals surface area contributed by atoms with E-state index >= 15 is 0 Å². The van der Waals surface area contributed by atoms with Crippen molar-refractivity contribution in [3.8, 4) is 5.75 Å². The van der Waals surface area contributed by atoms with Crippen molar-refractivity contribution >= 4 is 29.9 Å². The van der Waals surface area contributed by atoms with Crippen LogP contribution in [0.4, 0.5) is 4.39 Å². The molecule has 0 aliphatic heterocycles. The number of aryl methyl sites for hydroxylation is 1. The van der Waals surface area contributed by atoms with E-state index in [1.165, 1.54) is 0 Å². The molecule has 0 aliphatic carbocycles. The molecule has 0 amide bonds. The van der Waals surface area contributed by atoms with Crippen molar-refractivity contribution in [1.82, 2.24) is 10.6 Å². The summed E-state index contributed by atoms with van der Waals surface area (Å²) in [6.45, 7) is 4.35. The lowest BCUT2D eigenvalue weighted by molar-refractivity contribution is 0.414. The molecule has 4 nitrogen and oxygen atoms in total. The van der Waals surface area contributed by atoms with Crippen LogP contribution in [0.1, 0.15) is 29.7 Å². The van der Waals surface area contributed by atoms with Gasteiger partial charge in [-0.1, -0.05) is 24.3 Å². The van der Waals surface area contributed by atoms with E-state index in [0.717, 1.165) is 16.9 Å². The average Bonchev–Trinajstić information content (AvgIpc) is 2.60. The number of rotatable bonds is 5. The molecule has 25 heavy (non-hydrogen) atoms. The van der Waals surface area contributed by atoms with Gasteiger partial charge in [-0.15, -0.1) is 24.0 Å². The van der Waals surface area contributed by atoms with Crippen molar-refractivity contribution in [2.75, 3.05) is 14.2 Å². The van der Waals surface area contributed by atoms with Gasteiger partial charge in [-0.25, -0.2) is 4.39 Å². The van der Waals surface area contributed by atoms with E-state index in [-0.39, 0.29) is 35.8 Å². The second-order valence-corrected chi connectivity index (χ2v) is 5.65. The van der Waals surface area contributed by atoms with Crippen molar-refractivity contribution in [3.05, 3.63) is 65.0 Å². The Morgan fingerprint density at radius 2 is 2.00 bits per heavy atom. The zero-order valence-corrected chi connectivity index (χ0v) is 17.3. The third kappa shape index (κ3) is 6.19. The Morgan fingerprint density at radius 3 is 2.64 bits per heavy atom. The minimum atomic E-state index is -0.194. The molecule has 0 fully saturated rings. The number of nitrogens with one attached hydrogen (secondary N) is 2. The lowest BCUT2D eigenvalue weighted by Gasteiger charge is -2.19. The number of halogens is 2. The highest BCUT2D eigenvalue weighted by Gasteiger charge is 2.09. The monoisotopic (exact) mass is 457 g/mol. The Balaban J connectivity index is 0.00000312. The largest absolute Gasteiger partial charge is 0.497 e. The van der Waals surface area contributed by atoms with Crippen molar-refractivity contribution in [1.29, 1.82) is 0 Å². The molecule has 0 aliphatic rings. The van der Waals surface area contributed by atoms with Crippen LogP contribution in [0.3, 0.4) is 0 Å². The first-order valence-corrected chi connectivity index (χ1v) is 7.89. The van der Waals surface area contributed by atoms with E-state index in [1.54, 1.807) is 33.2 Å². The van der Waals surface area contributed by atoms with Gasteiger partial charge in [-0.2, -0.15) is 0 Å². The predicted molar refractivity (Wildman–Crippen MR) is 111 cm³/mol. The van der Waals surface area contributed by atoms with E-state index in [9.17, 15) is 4.39 Å². The van der Waals surface area contributed by atoms with Gasteiger partial charge in [0.2, 0.25) is 0 Å². The van der Waals surface area contributed by atoms with Gasteiger partial charge >= 0.3 is 0 Å². The van der Waals surface area contributed by atoms with Crippen molar-refractivity contribution in [3.63, 3.8) is 0 Å². The van der Waals surface area contributed by atoms with Gasteiger partial charge in [0.05, 0.1) is 13.2 Å². The van der Waals surface area contributed by atoms with E-state index in [0.29, 0.717) is 18.1 Å². The molecule has 0 saturated heterocycles. The third-order valence-corrected chi connectivity index (χ3v) is 3.87. The maximum absolute atomic E-state index is 13.7. The highest BCUT2D eigenvalue weighted by atomic mass is 127. The molecule has 0 saturated carbocycles. The quantitative estimate of drug-likeness (QED) is 0.402. The molecule has 0 heterocycles. The predicted octanol–water partition coefficient (Wildman–Crippen LogP) is 4.19. The second-order valence-electron chi connectivity index (χ2n) is 5.65. The molecule has 0 aromatic heterocycles. The fourth-order valence-corrected chi connectivity index (χ4v) is 2.33. The standard InChI is InChI=1S/C19H24FN3O.HI/c1-13-8-9-16(11-18(13)20)14(2)23-19(21-3)22-12-15-6-5-7-17(10-15)24-4;/h5-11,14H,12H2,1-4H3,(H2,21,22,23);1H. The first-order valence-electron chi connectivity index (χ1n) is 7.89. The number of aliphatic imine (C=N–C) groups is 1. The van der Waals surface area contributed by atoms with Gasteiger partial charge in [0.25, 0.3) is 0 Å². The number of hydrogen-bond donors (Lipinski definition) is 2. The lowest BCUT2D eigenvalue weighted by Crippen LogP contribution is -2.38. The molecular formula is C19H25FIN3O. The maximum atomic E-state index is 13.7. The fraction of sp³-hybridized carbons (Fsp3) is 0.316. The Bertz CT molecular complexity index is 722. The van der Waals surface area contributed by atoms with Crippen LogP contribution >= 0.6 is 24.0 Å². The minimum absolute atomic E-state index is 0. The number of nitrogens with zero attached hydrogens (tertiary/aromatic N) is 1. The summed E-state index contributed by atoms with van der Waals surface area (Å²) in [5.74, 6) is 1.28. The molecule has 2 aromatic carbocycles. The molecule has 1 unspecified atom stereocenters.